The van der Waals surface area contributed by atoms with Gasteiger partial charge in [-0.1, -0.05) is 18.2 Å². The van der Waals surface area contributed by atoms with Gasteiger partial charge in [-0.3, -0.25) is 14.9 Å². The van der Waals surface area contributed by atoms with Gasteiger partial charge in [0.15, 0.2) is 0 Å². The van der Waals surface area contributed by atoms with Crippen LogP contribution < -0.4 is 5.32 Å². The average Bonchev–Trinajstić information content (AvgIpc) is 2.54. The summed E-state index contributed by atoms with van der Waals surface area (Å²) in [5.41, 5.74) is 0.694. The Morgan fingerprint density at radius 2 is 2.00 bits per heavy atom. The van der Waals surface area contributed by atoms with Crippen LogP contribution in [0.15, 0.2) is 42.5 Å². The molecule has 0 aliphatic heterocycles. The van der Waals surface area contributed by atoms with E-state index in [1.54, 1.807) is 25.3 Å². The van der Waals surface area contributed by atoms with Gasteiger partial charge in [0.2, 0.25) is 5.75 Å². The van der Waals surface area contributed by atoms with E-state index in [0.29, 0.717) is 5.69 Å². The average molecular weight is 316 g/mol. The monoisotopic (exact) mass is 316 g/mol. The molecule has 7 heteroatoms. The molecule has 2 N–H and O–H groups in total. The van der Waals surface area contributed by atoms with Crippen LogP contribution in [0.3, 0.4) is 0 Å². The molecule has 0 spiro atoms. The molecular weight excluding hydrogens is 300 g/mol. The lowest BCUT2D eigenvalue weighted by Gasteiger charge is -2.12. The molecule has 0 aromatic heterocycles. The number of para-hydroxylation sites is 1. The Balaban J connectivity index is 2.26. The third-order valence-corrected chi connectivity index (χ3v) is 3.42. The molecule has 0 heterocycles. The predicted octanol–water partition coefficient (Wildman–Crippen LogP) is 3.26. The van der Waals surface area contributed by atoms with Crippen LogP contribution in [0.2, 0.25) is 0 Å². The van der Waals surface area contributed by atoms with Crippen molar-refractivity contribution in [3.63, 3.8) is 0 Å². The number of benzene rings is 2. The number of phenols is 1. The van der Waals surface area contributed by atoms with Gasteiger partial charge in [-0.05, 0) is 30.7 Å². The number of anilines is 1. The van der Waals surface area contributed by atoms with Gasteiger partial charge in [-0.2, -0.15) is 0 Å². The lowest BCUT2D eigenvalue weighted by atomic mass is 10.1. The summed E-state index contributed by atoms with van der Waals surface area (Å²) in [5.74, 6) is -1.29. The highest BCUT2D eigenvalue weighted by atomic mass is 16.6. The zero-order valence-corrected chi connectivity index (χ0v) is 12.6. The highest BCUT2D eigenvalue weighted by Gasteiger charge is 2.21. The third kappa shape index (κ3) is 3.64. The molecule has 23 heavy (non-hydrogen) atoms. The number of methoxy groups -OCH3 is 1. The smallest absolute Gasteiger partial charge is 0.311 e. The van der Waals surface area contributed by atoms with Crippen molar-refractivity contribution in [1.82, 2.24) is 0 Å². The number of phenolic OH excluding ortho intramolecular Hbond substituents is 1. The van der Waals surface area contributed by atoms with Crippen LogP contribution in [-0.4, -0.2) is 23.0 Å². The van der Waals surface area contributed by atoms with Gasteiger partial charge in [0, 0.05) is 18.9 Å². The summed E-state index contributed by atoms with van der Waals surface area (Å²) >= 11 is 0. The van der Waals surface area contributed by atoms with Crippen LogP contribution in [-0.2, 0) is 4.74 Å². The highest BCUT2D eigenvalue weighted by molar-refractivity contribution is 6.06. The fourth-order valence-corrected chi connectivity index (χ4v) is 2.07. The zero-order valence-electron chi connectivity index (χ0n) is 12.6. The van der Waals surface area contributed by atoms with Crippen molar-refractivity contribution in [3.8, 4) is 5.75 Å². The number of hydrogen-bond acceptors (Lipinski definition) is 5. The van der Waals surface area contributed by atoms with Crippen LogP contribution in [0, 0.1) is 10.1 Å². The molecule has 0 saturated carbocycles. The summed E-state index contributed by atoms with van der Waals surface area (Å²) in [6.07, 6.45) is -0.141. The Morgan fingerprint density at radius 1 is 1.30 bits per heavy atom. The van der Waals surface area contributed by atoms with E-state index in [1.807, 2.05) is 13.0 Å². The summed E-state index contributed by atoms with van der Waals surface area (Å²) in [7, 11) is 1.58. The quantitative estimate of drug-likeness (QED) is 0.651. The van der Waals surface area contributed by atoms with Crippen molar-refractivity contribution in [2.45, 2.75) is 13.0 Å². The Bertz CT molecular complexity index is 745. The molecule has 1 atom stereocenters. The van der Waals surface area contributed by atoms with E-state index in [4.69, 9.17) is 4.74 Å². The molecule has 0 saturated heterocycles. The number of nitrogens with zero attached hydrogens (tertiary/aromatic N) is 1. The Hall–Kier alpha value is -2.93. The van der Waals surface area contributed by atoms with Crippen LogP contribution in [0.25, 0.3) is 0 Å². The van der Waals surface area contributed by atoms with Crippen molar-refractivity contribution in [2.24, 2.45) is 0 Å². The predicted molar refractivity (Wildman–Crippen MR) is 84.6 cm³/mol. The van der Waals surface area contributed by atoms with Gasteiger partial charge in [0.05, 0.1) is 16.6 Å². The minimum absolute atomic E-state index is 0.141. The van der Waals surface area contributed by atoms with E-state index in [9.17, 15) is 20.0 Å². The van der Waals surface area contributed by atoms with Crippen molar-refractivity contribution in [3.05, 3.63) is 63.7 Å². The number of ether oxygens (including phenoxy) is 1. The summed E-state index contributed by atoms with van der Waals surface area (Å²) in [4.78, 5) is 22.3. The Labute approximate surface area is 132 Å². The zero-order chi connectivity index (χ0) is 17.0. The number of hydrogen-bond donors (Lipinski definition) is 2. The number of carbonyl (C=O) groups excluding carboxylic acids is 1. The van der Waals surface area contributed by atoms with E-state index in [0.717, 1.165) is 11.6 Å². The first-order valence-corrected chi connectivity index (χ1v) is 6.84. The minimum atomic E-state index is -0.743. The largest absolute Gasteiger partial charge is 0.502 e. The van der Waals surface area contributed by atoms with Crippen LogP contribution >= 0.6 is 0 Å². The van der Waals surface area contributed by atoms with Gasteiger partial charge in [0.1, 0.15) is 0 Å². The maximum atomic E-state index is 12.2. The van der Waals surface area contributed by atoms with Crippen molar-refractivity contribution in [2.75, 3.05) is 12.4 Å². The number of nitro benzene ring substituents is 1. The number of amides is 1. The Morgan fingerprint density at radius 3 is 2.65 bits per heavy atom. The highest BCUT2D eigenvalue weighted by Crippen LogP contribution is 2.30. The molecule has 0 aliphatic carbocycles. The molecule has 120 valence electrons. The van der Waals surface area contributed by atoms with Crippen LogP contribution in [0.4, 0.5) is 11.4 Å². The number of carbonyl (C=O) groups is 1. The Kier molecular flexibility index (Phi) is 4.92. The fraction of sp³-hybridized carbons (Fsp3) is 0.188. The molecule has 0 radical (unpaired) electrons. The number of nitro groups is 1. The first-order chi connectivity index (χ1) is 10.9. The number of rotatable bonds is 5. The molecule has 1 amide bonds. The molecule has 0 bridgehead atoms. The second-order valence-electron chi connectivity index (χ2n) is 4.89. The SMILES string of the molecule is CO[C@@H](C)c1cccc(NC(=O)c2cccc([N+](=O)[O-])c2O)c1. The molecule has 2 rings (SSSR count). The normalized spacial score (nSPS) is 11.7. The van der Waals surface area contributed by atoms with E-state index in [1.165, 1.54) is 12.1 Å². The molecule has 0 aliphatic rings. The first-order valence-electron chi connectivity index (χ1n) is 6.84. The van der Waals surface area contributed by atoms with Gasteiger partial charge in [0.25, 0.3) is 5.91 Å². The molecule has 2 aromatic carbocycles. The number of nitrogens with one attached hydrogen (secondary N) is 1. The van der Waals surface area contributed by atoms with Crippen molar-refractivity contribution >= 4 is 17.3 Å². The van der Waals surface area contributed by atoms with Gasteiger partial charge < -0.3 is 15.2 Å². The molecule has 0 unspecified atom stereocenters. The lowest BCUT2D eigenvalue weighted by molar-refractivity contribution is -0.385. The van der Waals surface area contributed by atoms with E-state index in [2.05, 4.69) is 5.32 Å². The van der Waals surface area contributed by atoms with E-state index < -0.39 is 22.3 Å². The summed E-state index contributed by atoms with van der Waals surface area (Å²) in [6.45, 7) is 1.87. The molecule has 0 fully saturated rings. The number of aromatic hydroxyl groups is 1. The lowest BCUT2D eigenvalue weighted by Crippen LogP contribution is -2.13. The van der Waals surface area contributed by atoms with Crippen molar-refractivity contribution < 1.29 is 19.6 Å². The van der Waals surface area contributed by atoms with Crippen LogP contribution in [0.5, 0.6) is 5.75 Å². The molecule has 7 nitrogen and oxygen atoms in total. The minimum Gasteiger partial charge on any atom is -0.502 e. The summed E-state index contributed by atoms with van der Waals surface area (Å²) in [5, 5.41) is 23.3. The van der Waals surface area contributed by atoms with Gasteiger partial charge >= 0.3 is 5.69 Å². The van der Waals surface area contributed by atoms with Gasteiger partial charge in [-0.25, -0.2) is 0 Å². The van der Waals surface area contributed by atoms with E-state index in [-0.39, 0.29) is 11.7 Å². The second-order valence-corrected chi connectivity index (χ2v) is 4.89. The van der Waals surface area contributed by atoms with E-state index >= 15 is 0 Å². The maximum absolute atomic E-state index is 12.2. The summed E-state index contributed by atoms with van der Waals surface area (Å²) in [6, 6.07) is 10.8. The maximum Gasteiger partial charge on any atom is 0.311 e. The second kappa shape index (κ2) is 6.89. The third-order valence-electron chi connectivity index (χ3n) is 3.42. The molecule has 2 aromatic rings. The first kappa shape index (κ1) is 16.4. The summed E-state index contributed by atoms with van der Waals surface area (Å²) < 4.78 is 5.21. The molecular formula is C16H16N2O5. The van der Waals surface area contributed by atoms with Crippen molar-refractivity contribution in [1.29, 1.82) is 0 Å². The fourth-order valence-electron chi connectivity index (χ4n) is 2.07. The van der Waals surface area contributed by atoms with Crippen LogP contribution in [0.1, 0.15) is 28.9 Å². The standard InChI is InChI=1S/C16H16N2O5/c1-10(23-2)11-5-3-6-12(9-11)17-16(20)13-7-4-8-14(15(13)19)18(21)22/h3-10,19H,1-2H3,(H,17,20)/t10-/m0/s1. The topological polar surface area (TPSA) is 102 Å². The van der Waals surface area contributed by atoms with Gasteiger partial charge in [-0.15, -0.1) is 0 Å².